The van der Waals surface area contributed by atoms with Crippen LogP contribution in [-0.4, -0.2) is 87.6 Å². The highest BCUT2D eigenvalue weighted by molar-refractivity contribution is 7.91. The van der Waals surface area contributed by atoms with Crippen LogP contribution in [-0.2, 0) is 24.4 Å². The number of hydrogen-bond acceptors (Lipinski definition) is 11. The Morgan fingerprint density at radius 1 is 1.06 bits per heavy atom. The third-order valence-electron chi connectivity index (χ3n) is 9.99. The van der Waals surface area contributed by atoms with Crippen molar-refractivity contribution in [1.29, 1.82) is 0 Å². The molecule has 51 heavy (non-hydrogen) atoms. The highest BCUT2D eigenvalue weighted by Crippen LogP contribution is 2.46. The van der Waals surface area contributed by atoms with Crippen molar-refractivity contribution in [2.24, 2.45) is 5.92 Å². The van der Waals surface area contributed by atoms with Gasteiger partial charge in [0.2, 0.25) is 27.7 Å². The zero-order chi connectivity index (χ0) is 35.9. The molecule has 2 aromatic heterocycles. The number of ether oxygens (including phenoxy) is 1. The number of rotatable bonds is 7. The number of nitrogens with zero attached hydrogens (tertiary/aromatic N) is 4. The highest BCUT2D eigenvalue weighted by atomic mass is 32.2. The topological polar surface area (TPSA) is 203 Å². The van der Waals surface area contributed by atoms with E-state index in [0.29, 0.717) is 54.6 Å². The molecule has 1 saturated heterocycles. The molecule has 2 aliphatic heterocycles. The van der Waals surface area contributed by atoms with Gasteiger partial charge in [-0.3, -0.25) is 23.9 Å². The molecule has 15 nitrogen and oxygen atoms in total. The molecule has 0 spiro atoms. The average molecular weight is 720 g/mol. The normalized spacial score (nSPS) is 27.7. The fourth-order valence-corrected chi connectivity index (χ4v) is 8.26. The lowest BCUT2D eigenvalue weighted by atomic mass is 10.0. The van der Waals surface area contributed by atoms with Gasteiger partial charge >= 0.3 is 0 Å². The Kier molecular flexibility index (Phi) is 9.29. The predicted octanol–water partition coefficient (Wildman–Crippen LogP) is 2.39. The Balaban J connectivity index is 1.19. The van der Waals surface area contributed by atoms with E-state index in [1.165, 1.54) is 11.0 Å². The van der Waals surface area contributed by atoms with Crippen LogP contribution in [0, 0.1) is 19.8 Å². The molecule has 4 heterocycles. The lowest BCUT2D eigenvalue weighted by Gasteiger charge is -2.29. The molecule has 0 unspecified atom stereocenters. The minimum atomic E-state index is -3.88. The summed E-state index contributed by atoms with van der Waals surface area (Å²) >= 11 is 0. The first-order valence-electron chi connectivity index (χ1n) is 17.4. The molecule has 7 rings (SSSR count). The van der Waals surface area contributed by atoms with Gasteiger partial charge in [-0.2, -0.15) is 0 Å². The number of hydrogen-bond donors (Lipinski definition) is 3. The van der Waals surface area contributed by atoms with Gasteiger partial charge in [-0.1, -0.05) is 42.3 Å². The largest absolute Gasteiger partial charge is 0.471 e. The van der Waals surface area contributed by atoms with Crippen LogP contribution < -0.4 is 20.1 Å². The van der Waals surface area contributed by atoms with Gasteiger partial charge in [-0.05, 0) is 64.5 Å². The number of carbonyl (C=O) groups is 4. The quantitative estimate of drug-likeness (QED) is 0.303. The minimum Gasteiger partial charge on any atom is -0.471 e. The number of amides is 4. The first kappa shape index (κ1) is 34.6. The van der Waals surface area contributed by atoms with Crippen LogP contribution in [0.5, 0.6) is 5.88 Å². The molecule has 3 N–H and O–H groups in total. The second-order valence-corrected chi connectivity index (χ2v) is 15.9. The average Bonchev–Trinajstić information content (AvgIpc) is 3.98. The molecular formula is C35H41N7O8S. The van der Waals surface area contributed by atoms with E-state index in [-0.39, 0.29) is 31.0 Å². The maximum absolute atomic E-state index is 14.4. The Morgan fingerprint density at radius 3 is 2.55 bits per heavy atom. The minimum absolute atomic E-state index is 0.0150. The lowest BCUT2D eigenvalue weighted by Crippen LogP contribution is -2.58. The molecule has 1 aromatic carbocycles. The number of benzene rings is 1. The van der Waals surface area contributed by atoms with Crippen molar-refractivity contribution in [3.8, 4) is 5.88 Å². The number of allylic oxidation sites excluding steroid dienone is 1. The summed E-state index contributed by atoms with van der Waals surface area (Å²) in [4.78, 5) is 66.2. The summed E-state index contributed by atoms with van der Waals surface area (Å²) in [6.45, 7) is 3.40. The summed E-state index contributed by atoms with van der Waals surface area (Å²) in [5.74, 6) is -2.23. The van der Waals surface area contributed by atoms with E-state index in [4.69, 9.17) is 9.26 Å². The van der Waals surface area contributed by atoms with Crippen molar-refractivity contribution in [3.05, 3.63) is 59.6 Å². The van der Waals surface area contributed by atoms with Gasteiger partial charge in [-0.25, -0.2) is 18.4 Å². The predicted molar refractivity (Wildman–Crippen MR) is 183 cm³/mol. The molecule has 0 radical (unpaired) electrons. The number of aromatic nitrogens is 3. The Hall–Kier alpha value is -4.86. The van der Waals surface area contributed by atoms with Crippen LogP contribution in [0.1, 0.15) is 79.7 Å². The van der Waals surface area contributed by atoms with E-state index in [1.54, 1.807) is 13.8 Å². The Labute approximate surface area is 295 Å². The third kappa shape index (κ3) is 7.32. The molecular weight excluding hydrogens is 678 g/mol. The zero-order valence-corrected chi connectivity index (χ0v) is 29.3. The molecule has 16 heteroatoms. The van der Waals surface area contributed by atoms with Gasteiger partial charge in [0.05, 0.1) is 22.8 Å². The maximum Gasteiger partial charge on any atom is 0.274 e. The molecule has 3 fully saturated rings. The molecule has 3 aromatic rings. The van der Waals surface area contributed by atoms with Crippen molar-refractivity contribution >= 4 is 44.7 Å². The summed E-state index contributed by atoms with van der Waals surface area (Å²) in [7, 11) is -3.88. The third-order valence-corrected chi connectivity index (χ3v) is 11.8. The molecule has 4 amide bonds. The van der Waals surface area contributed by atoms with Crippen molar-refractivity contribution in [1.82, 2.24) is 35.4 Å². The van der Waals surface area contributed by atoms with Crippen LogP contribution in [0.25, 0.3) is 11.0 Å². The van der Waals surface area contributed by atoms with E-state index in [0.717, 1.165) is 12.8 Å². The first-order chi connectivity index (χ1) is 24.4. The Bertz CT molecular complexity index is 2010. The van der Waals surface area contributed by atoms with Gasteiger partial charge in [-0.15, -0.1) is 0 Å². The molecule has 4 aliphatic rings. The van der Waals surface area contributed by atoms with Crippen molar-refractivity contribution < 1.29 is 36.9 Å². The highest BCUT2D eigenvalue weighted by Gasteiger charge is 2.62. The van der Waals surface area contributed by atoms with E-state index in [9.17, 15) is 27.6 Å². The van der Waals surface area contributed by atoms with Crippen LogP contribution >= 0.6 is 0 Å². The fraction of sp³-hybridized carbons (Fsp3) is 0.514. The molecule has 5 atom stereocenters. The first-order valence-corrected chi connectivity index (χ1v) is 19.0. The maximum atomic E-state index is 14.4. The fourth-order valence-electron chi connectivity index (χ4n) is 6.89. The standard InChI is InChI=1S/C35H41N7O8S/c1-20-16-28(40-50-20)30(43)37-27-13-7-5-3-4-6-10-22-18-35(22,34(46)41-51(47,48)24-14-15-24)39-31(44)29-17-23(19-42(29)33(27)45)49-32-21(2)36-25-11-8-9-12-26(25)38-32/h6,8-12,16,22-24,27,29H,3-5,7,13-15,17-19H2,1-2H3,(H,37,43)(H,39,44)(H,41,46)/b10-6-/t22-,23-,27+,29+,35-/m1/s1. The monoisotopic (exact) mass is 719 g/mol. The number of fused-ring (bicyclic) bond motifs is 3. The van der Waals surface area contributed by atoms with Gasteiger partial charge in [0.15, 0.2) is 5.69 Å². The van der Waals surface area contributed by atoms with Crippen LogP contribution in [0.15, 0.2) is 47.0 Å². The van der Waals surface area contributed by atoms with Crippen molar-refractivity contribution in [2.75, 3.05) is 6.54 Å². The second kappa shape index (κ2) is 13.7. The van der Waals surface area contributed by atoms with E-state index < -0.39 is 68.5 Å². The van der Waals surface area contributed by atoms with Crippen LogP contribution in [0.3, 0.4) is 0 Å². The zero-order valence-electron chi connectivity index (χ0n) is 28.5. The van der Waals surface area contributed by atoms with E-state index >= 15 is 0 Å². The van der Waals surface area contributed by atoms with Gasteiger partial charge in [0, 0.05) is 18.4 Å². The van der Waals surface area contributed by atoms with E-state index in [2.05, 4.69) is 30.5 Å². The van der Waals surface area contributed by atoms with Gasteiger partial charge in [0.1, 0.15) is 35.2 Å². The Morgan fingerprint density at radius 2 is 1.82 bits per heavy atom. The lowest BCUT2D eigenvalue weighted by molar-refractivity contribution is -0.141. The molecule has 2 aliphatic carbocycles. The van der Waals surface area contributed by atoms with Crippen LogP contribution in [0.4, 0.5) is 0 Å². The summed E-state index contributed by atoms with van der Waals surface area (Å²) in [5, 5.41) is 8.83. The summed E-state index contributed by atoms with van der Waals surface area (Å²) < 4.78 is 39.2. The number of carbonyl (C=O) groups excluding carboxylic acids is 4. The second-order valence-electron chi connectivity index (χ2n) is 13.9. The number of aryl methyl sites for hydroxylation is 2. The SMILES string of the molecule is Cc1cc(C(=O)N[C@H]2CCCCC/C=C\[C@@H]3C[C@@]3(C(=O)NS(=O)(=O)C3CC3)NC(=O)[C@@H]3C[C@@H](Oc4nc5ccccc5nc4C)CN3C2=O)no1. The van der Waals surface area contributed by atoms with E-state index in [1.807, 2.05) is 36.4 Å². The number of nitrogens with one attached hydrogen (secondary N) is 3. The van der Waals surface area contributed by atoms with Crippen molar-refractivity contribution in [2.45, 2.75) is 101 Å². The summed E-state index contributed by atoms with van der Waals surface area (Å²) in [5.41, 5.74) is 0.367. The van der Waals surface area contributed by atoms with Gasteiger partial charge < -0.3 is 24.8 Å². The van der Waals surface area contributed by atoms with Crippen LogP contribution in [0.2, 0.25) is 0 Å². The number of sulfonamides is 1. The van der Waals surface area contributed by atoms with Gasteiger partial charge in [0.25, 0.3) is 11.8 Å². The van der Waals surface area contributed by atoms with Crippen molar-refractivity contribution in [3.63, 3.8) is 0 Å². The molecule has 2 saturated carbocycles. The summed E-state index contributed by atoms with van der Waals surface area (Å²) in [6, 6.07) is 6.71. The number of para-hydroxylation sites is 2. The molecule has 270 valence electrons. The smallest absolute Gasteiger partial charge is 0.274 e. The summed E-state index contributed by atoms with van der Waals surface area (Å²) in [6.07, 6.45) is 7.48. The molecule has 0 bridgehead atoms.